The van der Waals surface area contributed by atoms with Crippen molar-refractivity contribution in [2.75, 3.05) is 6.54 Å². The van der Waals surface area contributed by atoms with E-state index in [9.17, 15) is 5.11 Å². The highest BCUT2D eigenvalue weighted by atomic mass is 16.3. The fourth-order valence-corrected chi connectivity index (χ4v) is 1.72. The first-order valence-corrected chi connectivity index (χ1v) is 6.04. The van der Waals surface area contributed by atoms with Gasteiger partial charge in [-0.05, 0) is 50.4 Å². The van der Waals surface area contributed by atoms with E-state index in [1.165, 1.54) is 11.1 Å². The Morgan fingerprint density at radius 1 is 1.25 bits per heavy atom. The Hall–Kier alpha value is -0.860. The topological polar surface area (TPSA) is 32.3 Å². The predicted molar refractivity (Wildman–Crippen MR) is 68.6 cm³/mol. The highest BCUT2D eigenvalue weighted by molar-refractivity contribution is 5.31. The molecule has 0 bridgehead atoms. The van der Waals surface area contributed by atoms with Gasteiger partial charge in [0, 0.05) is 6.04 Å². The summed E-state index contributed by atoms with van der Waals surface area (Å²) in [5.74, 6) is 0. The van der Waals surface area contributed by atoms with Crippen LogP contribution in [0.15, 0.2) is 18.2 Å². The molecule has 0 aliphatic rings. The number of benzene rings is 1. The summed E-state index contributed by atoms with van der Waals surface area (Å²) in [6.45, 7) is 9.26. The van der Waals surface area contributed by atoms with E-state index in [0.29, 0.717) is 0 Å². The van der Waals surface area contributed by atoms with E-state index >= 15 is 0 Å². The molecule has 2 nitrogen and oxygen atoms in total. The first-order valence-electron chi connectivity index (χ1n) is 6.04. The van der Waals surface area contributed by atoms with Gasteiger partial charge in [-0.1, -0.05) is 25.1 Å². The lowest BCUT2D eigenvalue weighted by molar-refractivity contribution is 0.136. The van der Waals surface area contributed by atoms with Crippen LogP contribution in [0.2, 0.25) is 0 Å². The molecule has 0 saturated carbocycles. The third-order valence-corrected chi connectivity index (χ3v) is 3.06. The summed E-state index contributed by atoms with van der Waals surface area (Å²) >= 11 is 0. The van der Waals surface area contributed by atoms with Crippen LogP contribution in [0, 0.1) is 13.8 Å². The van der Waals surface area contributed by atoms with Crippen molar-refractivity contribution in [1.29, 1.82) is 0 Å². The Balaban J connectivity index is 2.71. The second-order valence-corrected chi connectivity index (χ2v) is 4.53. The zero-order valence-corrected chi connectivity index (χ0v) is 10.7. The molecule has 0 aliphatic carbocycles. The molecular formula is C14H23NO. The van der Waals surface area contributed by atoms with Crippen LogP contribution in [0.25, 0.3) is 0 Å². The van der Waals surface area contributed by atoms with Gasteiger partial charge in [-0.2, -0.15) is 0 Å². The molecule has 0 radical (unpaired) electrons. The van der Waals surface area contributed by atoms with Crippen molar-refractivity contribution < 1.29 is 5.11 Å². The van der Waals surface area contributed by atoms with Gasteiger partial charge in [-0.15, -0.1) is 0 Å². The highest BCUT2D eigenvalue weighted by Crippen LogP contribution is 2.19. The van der Waals surface area contributed by atoms with E-state index in [-0.39, 0.29) is 6.04 Å². The molecule has 0 saturated heterocycles. The summed E-state index contributed by atoms with van der Waals surface area (Å²) in [5.41, 5.74) is 3.50. The SMILES string of the molecule is CCCN[C@H](C)[C@@H](O)c1ccc(C)c(C)c1. The van der Waals surface area contributed by atoms with Gasteiger partial charge in [0.1, 0.15) is 0 Å². The molecule has 2 heteroatoms. The zero-order valence-electron chi connectivity index (χ0n) is 10.7. The molecule has 1 rings (SSSR count). The van der Waals surface area contributed by atoms with Crippen LogP contribution in [0.3, 0.4) is 0 Å². The van der Waals surface area contributed by atoms with Crippen molar-refractivity contribution in [3.05, 3.63) is 34.9 Å². The van der Waals surface area contributed by atoms with E-state index < -0.39 is 6.10 Å². The molecule has 0 aliphatic heterocycles. The Bertz CT molecular complexity index is 336. The summed E-state index contributed by atoms with van der Waals surface area (Å²) in [5, 5.41) is 13.5. The summed E-state index contributed by atoms with van der Waals surface area (Å²) in [7, 11) is 0. The van der Waals surface area contributed by atoms with Gasteiger partial charge in [0.2, 0.25) is 0 Å². The van der Waals surface area contributed by atoms with E-state index in [1.807, 2.05) is 13.0 Å². The Morgan fingerprint density at radius 2 is 1.94 bits per heavy atom. The predicted octanol–water partition coefficient (Wildman–Crippen LogP) is 2.72. The lowest BCUT2D eigenvalue weighted by Crippen LogP contribution is -2.32. The van der Waals surface area contributed by atoms with Crippen molar-refractivity contribution in [1.82, 2.24) is 5.32 Å². The lowest BCUT2D eigenvalue weighted by atomic mass is 9.99. The van der Waals surface area contributed by atoms with Gasteiger partial charge in [-0.3, -0.25) is 0 Å². The van der Waals surface area contributed by atoms with Gasteiger partial charge < -0.3 is 10.4 Å². The standard InChI is InChI=1S/C14H23NO/c1-5-8-15-12(4)14(16)13-7-6-10(2)11(3)9-13/h6-7,9,12,14-16H,5,8H2,1-4H3/t12-,14-/m1/s1. The lowest BCUT2D eigenvalue weighted by Gasteiger charge is -2.21. The van der Waals surface area contributed by atoms with Crippen molar-refractivity contribution in [3.8, 4) is 0 Å². The summed E-state index contributed by atoms with van der Waals surface area (Å²) in [4.78, 5) is 0. The molecule has 2 atom stereocenters. The average Bonchev–Trinajstić information content (AvgIpc) is 2.28. The fourth-order valence-electron chi connectivity index (χ4n) is 1.72. The van der Waals surface area contributed by atoms with E-state index in [1.54, 1.807) is 0 Å². The molecule has 16 heavy (non-hydrogen) atoms. The largest absolute Gasteiger partial charge is 0.387 e. The molecule has 0 spiro atoms. The molecule has 1 aromatic rings. The smallest absolute Gasteiger partial charge is 0.0940 e. The molecule has 1 aromatic carbocycles. The number of rotatable bonds is 5. The maximum atomic E-state index is 10.2. The van der Waals surface area contributed by atoms with Crippen LogP contribution in [0.5, 0.6) is 0 Å². The van der Waals surface area contributed by atoms with Crippen LogP contribution < -0.4 is 5.32 Å². The molecular weight excluding hydrogens is 198 g/mol. The second-order valence-electron chi connectivity index (χ2n) is 4.53. The highest BCUT2D eigenvalue weighted by Gasteiger charge is 2.15. The third kappa shape index (κ3) is 3.32. The van der Waals surface area contributed by atoms with Crippen LogP contribution >= 0.6 is 0 Å². The number of nitrogens with one attached hydrogen (secondary N) is 1. The molecule has 0 unspecified atom stereocenters. The number of aryl methyl sites for hydroxylation is 2. The molecule has 90 valence electrons. The van der Waals surface area contributed by atoms with E-state index in [2.05, 4.69) is 38.2 Å². The maximum Gasteiger partial charge on any atom is 0.0940 e. The first-order chi connectivity index (χ1) is 7.56. The Labute approximate surface area is 98.7 Å². The van der Waals surface area contributed by atoms with Gasteiger partial charge in [0.15, 0.2) is 0 Å². The average molecular weight is 221 g/mol. The zero-order chi connectivity index (χ0) is 12.1. The quantitative estimate of drug-likeness (QED) is 0.801. The van der Waals surface area contributed by atoms with Crippen LogP contribution in [0.4, 0.5) is 0 Å². The maximum absolute atomic E-state index is 10.2. The van der Waals surface area contributed by atoms with Crippen molar-refractivity contribution >= 4 is 0 Å². The van der Waals surface area contributed by atoms with Crippen LogP contribution in [-0.4, -0.2) is 17.7 Å². The molecule has 2 N–H and O–H groups in total. The number of aliphatic hydroxyl groups excluding tert-OH is 1. The first kappa shape index (κ1) is 13.2. The Kier molecular flexibility index (Phi) is 4.97. The minimum atomic E-state index is -0.425. The van der Waals surface area contributed by atoms with Gasteiger partial charge >= 0.3 is 0 Å². The molecule has 0 heterocycles. The molecule has 0 fully saturated rings. The van der Waals surface area contributed by atoms with Crippen molar-refractivity contribution in [2.45, 2.75) is 46.3 Å². The second kappa shape index (κ2) is 6.02. The van der Waals surface area contributed by atoms with Crippen molar-refractivity contribution in [3.63, 3.8) is 0 Å². The number of hydrogen-bond donors (Lipinski definition) is 2. The third-order valence-electron chi connectivity index (χ3n) is 3.06. The number of hydrogen-bond acceptors (Lipinski definition) is 2. The van der Waals surface area contributed by atoms with Crippen LogP contribution in [0.1, 0.15) is 43.1 Å². The van der Waals surface area contributed by atoms with Crippen LogP contribution in [-0.2, 0) is 0 Å². The molecule has 0 amide bonds. The summed E-state index contributed by atoms with van der Waals surface area (Å²) < 4.78 is 0. The monoisotopic (exact) mass is 221 g/mol. The number of aliphatic hydroxyl groups is 1. The van der Waals surface area contributed by atoms with Gasteiger partial charge in [0.05, 0.1) is 6.10 Å². The molecule has 0 aromatic heterocycles. The summed E-state index contributed by atoms with van der Waals surface area (Å²) in [6.07, 6.45) is 0.662. The normalized spacial score (nSPS) is 14.8. The summed E-state index contributed by atoms with van der Waals surface area (Å²) in [6, 6.07) is 6.25. The minimum Gasteiger partial charge on any atom is -0.387 e. The van der Waals surface area contributed by atoms with Crippen molar-refractivity contribution in [2.24, 2.45) is 0 Å². The minimum absolute atomic E-state index is 0.0991. The van der Waals surface area contributed by atoms with E-state index in [4.69, 9.17) is 0 Å². The fraction of sp³-hybridized carbons (Fsp3) is 0.571. The van der Waals surface area contributed by atoms with Gasteiger partial charge in [-0.25, -0.2) is 0 Å². The Morgan fingerprint density at radius 3 is 2.50 bits per heavy atom. The van der Waals surface area contributed by atoms with Gasteiger partial charge in [0.25, 0.3) is 0 Å². The van der Waals surface area contributed by atoms with E-state index in [0.717, 1.165) is 18.5 Å².